The third kappa shape index (κ3) is 4.04. The third-order valence-corrected chi connectivity index (χ3v) is 3.97. The molecule has 1 atom stereocenters. The molecule has 0 spiro atoms. The monoisotopic (exact) mass is 349 g/mol. The fourth-order valence-electron chi connectivity index (χ4n) is 2.56. The highest BCUT2D eigenvalue weighted by Crippen LogP contribution is 2.12. The molecular formula is C20H19N3O3. The second kappa shape index (κ2) is 7.76. The first kappa shape index (κ1) is 17.6. The van der Waals surface area contributed by atoms with Gasteiger partial charge in [-0.25, -0.2) is 5.43 Å². The number of nitrogens with one attached hydrogen (secondary N) is 1. The molecule has 0 bridgehead atoms. The highest BCUT2D eigenvalue weighted by molar-refractivity contribution is 5.88. The van der Waals surface area contributed by atoms with Gasteiger partial charge >= 0.3 is 0 Å². The van der Waals surface area contributed by atoms with Gasteiger partial charge in [-0.3, -0.25) is 9.59 Å². The second-order valence-electron chi connectivity index (χ2n) is 6.05. The van der Waals surface area contributed by atoms with Crippen LogP contribution in [0, 0.1) is 6.92 Å². The Kier molecular flexibility index (Phi) is 5.24. The number of rotatable bonds is 5. The van der Waals surface area contributed by atoms with E-state index in [1.54, 1.807) is 12.1 Å². The molecule has 1 unspecified atom stereocenters. The van der Waals surface area contributed by atoms with Crippen LogP contribution in [0.4, 0.5) is 0 Å². The van der Waals surface area contributed by atoms with Gasteiger partial charge < -0.3 is 10.2 Å². The van der Waals surface area contributed by atoms with Crippen LogP contribution in [0.2, 0.25) is 0 Å². The molecule has 0 radical (unpaired) electrons. The van der Waals surface area contributed by atoms with Crippen molar-refractivity contribution in [3.05, 3.63) is 81.7 Å². The summed E-state index contributed by atoms with van der Waals surface area (Å²) in [5.41, 5.74) is 10.7. The van der Waals surface area contributed by atoms with E-state index in [0.29, 0.717) is 17.4 Å². The largest absolute Gasteiger partial charge is 0.463 e. The van der Waals surface area contributed by atoms with Crippen molar-refractivity contribution in [2.24, 2.45) is 10.8 Å². The van der Waals surface area contributed by atoms with Crippen LogP contribution in [0.1, 0.15) is 16.7 Å². The molecule has 6 heteroatoms. The molecule has 2 aromatic carbocycles. The Bertz CT molecular complexity index is 1010. The molecule has 0 aliphatic rings. The van der Waals surface area contributed by atoms with E-state index in [2.05, 4.69) is 10.5 Å². The molecule has 1 aromatic heterocycles. The van der Waals surface area contributed by atoms with Gasteiger partial charge in [-0.2, -0.15) is 5.10 Å². The van der Waals surface area contributed by atoms with Crippen LogP contribution >= 0.6 is 0 Å². The molecule has 0 saturated heterocycles. The number of fused-ring (bicyclic) bond motifs is 1. The minimum absolute atomic E-state index is 0.207. The van der Waals surface area contributed by atoms with Gasteiger partial charge in [0.25, 0.3) is 5.91 Å². The van der Waals surface area contributed by atoms with E-state index in [1.165, 1.54) is 12.5 Å². The minimum Gasteiger partial charge on any atom is -0.463 e. The van der Waals surface area contributed by atoms with Crippen LogP contribution in [-0.2, 0) is 11.2 Å². The van der Waals surface area contributed by atoms with Crippen molar-refractivity contribution in [2.75, 3.05) is 0 Å². The summed E-state index contributed by atoms with van der Waals surface area (Å²) in [4.78, 5) is 24.5. The van der Waals surface area contributed by atoms with E-state index >= 15 is 0 Å². The molecule has 3 N–H and O–H groups in total. The Morgan fingerprint density at radius 1 is 1.27 bits per heavy atom. The van der Waals surface area contributed by atoms with Crippen LogP contribution in [-0.4, -0.2) is 18.2 Å². The maximum atomic E-state index is 12.4. The molecule has 0 aliphatic heterocycles. The van der Waals surface area contributed by atoms with Gasteiger partial charge in [-0.05, 0) is 31.0 Å². The first-order valence-corrected chi connectivity index (χ1v) is 8.19. The van der Waals surface area contributed by atoms with E-state index in [-0.39, 0.29) is 11.0 Å². The third-order valence-electron chi connectivity index (χ3n) is 3.97. The van der Waals surface area contributed by atoms with Gasteiger partial charge in [0.15, 0.2) is 0 Å². The van der Waals surface area contributed by atoms with E-state index in [1.807, 2.05) is 43.3 Å². The predicted octanol–water partition coefficient (Wildman–Crippen LogP) is 2.12. The van der Waals surface area contributed by atoms with Crippen LogP contribution in [0.25, 0.3) is 11.0 Å². The normalized spacial score (nSPS) is 12.4. The summed E-state index contributed by atoms with van der Waals surface area (Å²) in [6.45, 7) is 1.90. The summed E-state index contributed by atoms with van der Waals surface area (Å²) in [5, 5.41) is 4.30. The van der Waals surface area contributed by atoms with Gasteiger partial charge in [0.2, 0.25) is 5.43 Å². The first-order chi connectivity index (χ1) is 12.5. The van der Waals surface area contributed by atoms with Crippen molar-refractivity contribution in [1.82, 2.24) is 5.43 Å². The number of hydrogen-bond acceptors (Lipinski definition) is 5. The highest BCUT2D eigenvalue weighted by Gasteiger charge is 2.13. The SMILES string of the molecule is Cc1ccc2occ(C=NNC(=O)C(N)Cc3ccccc3)c(=O)c2c1. The summed E-state index contributed by atoms with van der Waals surface area (Å²) in [7, 11) is 0. The zero-order valence-corrected chi connectivity index (χ0v) is 14.3. The standard InChI is InChI=1S/C20H19N3O3/c1-13-7-8-18-16(9-13)19(24)15(12-26-18)11-22-23-20(25)17(21)10-14-5-3-2-4-6-14/h2-9,11-12,17H,10,21H2,1H3,(H,23,25). The molecule has 0 fully saturated rings. The fraction of sp³-hybridized carbons (Fsp3) is 0.150. The summed E-state index contributed by atoms with van der Waals surface area (Å²) >= 11 is 0. The summed E-state index contributed by atoms with van der Waals surface area (Å²) in [6, 6.07) is 14.1. The highest BCUT2D eigenvalue weighted by atomic mass is 16.3. The number of hydrazone groups is 1. The van der Waals surface area contributed by atoms with Crippen molar-refractivity contribution in [2.45, 2.75) is 19.4 Å². The molecule has 3 aromatic rings. The van der Waals surface area contributed by atoms with Crippen molar-refractivity contribution in [3.8, 4) is 0 Å². The minimum atomic E-state index is -0.731. The Balaban J connectivity index is 1.68. The fourth-order valence-corrected chi connectivity index (χ4v) is 2.56. The number of hydrogen-bond donors (Lipinski definition) is 2. The number of carbonyl (C=O) groups excluding carboxylic acids is 1. The average molecular weight is 349 g/mol. The van der Waals surface area contributed by atoms with E-state index in [4.69, 9.17) is 10.2 Å². The maximum Gasteiger partial charge on any atom is 0.257 e. The molecule has 0 aliphatic carbocycles. The van der Waals surface area contributed by atoms with E-state index < -0.39 is 11.9 Å². The Morgan fingerprint density at radius 2 is 2.04 bits per heavy atom. The smallest absolute Gasteiger partial charge is 0.257 e. The van der Waals surface area contributed by atoms with Gasteiger partial charge in [0, 0.05) is 0 Å². The lowest BCUT2D eigenvalue weighted by Gasteiger charge is -2.09. The van der Waals surface area contributed by atoms with Gasteiger partial charge in [0.1, 0.15) is 11.8 Å². The summed E-state index contributed by atoms with van der Waals surface area (Å²) in [6.07, 6.45) is 2.99. The average Bonchev–Trinajstić information content (AvgIpc) is 2.64. The van der Waals surface area contributed by atoms with E-state index in [0.717, 1.165) is 11.1 Å². The lowest BCUT2D eigenvalue weighted by Crippen LogP contribution is -2.40. The number of carbonyl (C=O) groups is 1. The summed E-state index contributed by atoms with van der Waals surface area (Å²) < 4.78 is 5.43. The summed E-state index contributed by atoms with van der Waals surface area (Å²) in [5.74, 6) is -0.425. The molecule has 0 saturated carbocycles. The quantitative estimate of drug-likeness (QED) is 0.544. The molecule has 132 valence electrons. The molecule has 26 heavy (non-hydrogen) atoms. The predicted molar refractivity (Wildman–Crippen MR) is 101 cm³/mol. The van der Waals surface area contributed by atoms with Crippen molar-refractivity contribution in [1.29, 1.82) is 0 Å². The van der Waals surface area contributed by atoms with Crippen molar-refractivity contribution < 1.29 is 9.21 Å². The zero-order chi connectivity index (χ0) is 18.5. The molecular weight excluding hydrogens is 330 g/mol. The van der Waals surface area contributed by atoms with Crippen LogP contribution in [0.15, 0.2) is 69.1 Å². The van der Waals surface area contributed by atoms with Crippen LogP contribution in [0.5, 0.6) is 0 Å². The number of amides is 1. The van der Waals surface area contributed by atoms with Gasteiger partial charge in [-0.1, -0.05) is 42.0 Å². The van der Waals surface area contributed by atoms with Crippen molar-refractivity contribution in [3.63, 3.8) is 0 Å². The topological polar surface area (TPSA) is 97.7 Å². The molecule has 1 heterocycles. The lowest BCUT2D eigenvalue weighted by atomic mass is 10.1. The van der Waals surface area contributed by atoms with Crippen LogP contribution < -0.4 is 16.6 Å². The van der Waals surface area contributed by atoms with Crippen LogP contribution in [0.3, 0.4) is 0 Å². The van der Waals surface area contributed by atoms with E-state index in [9.17, 15) is 9.59 Å². The van der Waals surface area contributed by atoms with Gasteiger partial charge in [0.05, 0.1) is 23.2 Å². The number of benzene rings is 2. The number of nitrogens with zero attached hydrogens (tertiary/aromatic N) is 1. The Morgan fingerprint density at radius 3 is 2.81 bits per heavy atom. The first-order valence-electron chi connectivity index (χ1n) is 8.19. The Hall–Kier alpha value is -3.25. The van der Waals surface area contributed by atoms with Gasteiger partial charge in [-0.15, -0.1) is 0 Å². The number of aryl methyl sites for hydroxylation is 1. The zero-order valence-electron chi connectivity index (χ0n) is 14.3. The Labute approximate surface area is 150 Å². The molecule has 1 amide bonds. The second-order valence-corrected chi connectivity index (χ2v) is 6.05. The molecule has 6 nitrogen and oxygen atoms in total. The van der Waals surface area contributed by atoms with Crippen molar-refractivity contribution >= 4 is 23.1 Å². The maximum absolute atomic E-state index is 12.4. The number of nitrogens with two attached hydrogens (primary N) is 1. The molecule has 3 rings (SSSR count). The lowest BCUT2D eigenvalue weighted by molar-refractivity contribution is -0.122.